The maximum atomic E-state index is 12.7. The first-order valence-electron chi connectivity index (χ1n) is 26.9. The highest BCUT2D eigenvalue weighted by molar-refractivity contribution is 5.70. The maximum Gasteiger partial charge on any atom is 0.306 e. The third kappa shape index (κ3) is 50.1. The fourth-order valence-corrected chi connectivity index (χ4v) is 6.96. The molecule has 0 N–H and O–H groups in total. The SMILES string of the molecule is CC/C=C\C/C=C\C/C=C\C/C=C\C/C=C\C/C=C\C/C=C\C/C=C\CCCCCCCCCCCCCCC(=O)OC(COC(=O)CCCCCCCC)COC(OCC[N+](C)(C)C)C(=O)[O-]. The highest BCUT2D eigenvalue weighted by Crippen LogP contribution is 2.15. The van der Waals surface area contributed by atoms with Gasteiger partial charge in [0, 0.05) is 12.8 Å². The van der Waals surface area contributed by atoms with Gasteiger partial charge < -0.3 is 33.3 Å². The minimum atomic E-state index is -1.62. The standard InChI is InChI=1S/C59H99NO8/c1-6-8-10-12-14-15-16-17-18-19-20-21-22-23-24-25-26-27-28-29-30-31-32-33-34-35-36-37-38-39-40-41-42-43-44-46-48-50-57(62)68-55(53-66-56(61)49-47-45-13-11-9-7-2)54-67-59(58(63)64)65-52-51-60(3,4)5/h8,10,14-15,17-18,20-21,23-24,26-27,29-30,32-33,55,59H,6-7,9,11-13,16,19,22,25,28,31,34-54H2,1-5H3/b10-8-,15-14-,18-17-,21-20-,24-23-,27-26-,30-29-,33-32-. The predicted octanol–water partition coefficient (Wildman–Crippen LogP) is 14.1. The molecule has 0 fully saturated rings. The highest BCUT2D eigenvalue weighted by Gasteiger charge is 2.22. The van der Waals surface area contributed by atoms with Crippen LogP contribution in [0.5, 0.6) is 0 Å². The summed E-state index contributed by atoms with van der Waals surface area (Å²) in [7, 11) is 5.90. The Balaban J connectivity index is 4.01. The molecule has 68 heavy (non-hydrogen) atoms. The van der Waals surface area contributed by atoms with E-state index >= 15 is 0 Å². The number of allylic oxidation sites excluding steroid dienone is 16. The van der Waals surface area contributed by atoms with Gasteiger partial charge in [0.2, 0.25) is 0 Å². The molecule has 0 saturated carbocycles. The number of carboxylic acid groups (broad SMARTS) is 1. The molecule has 0 bridgehead atoms. The van der Waals surface area contributed by atoms with Gasteiger partial charge in [0.25, 0.3) is 0 Å². The molecule has 0 aromatic heterocycles. The lowest BCUT2D eigenvalue weighted by Gasteiger charge is -2.26. The van der Waals surface area contributed by atoms with E-state index in [-0.39, 0.29) is 38.6 Å². The Kier molecular flexibility index (Phi) is 46.9. The average Bonchev–Trinajstić information content (AvgIpc) is 3.30. The van der Waals surface area contributed by atoms with Crippen molar-refractivity contribution in [2.24, 2.45) is 0 Å². The van der Waals surface area contributed by atoms with Crippen molar-refractivity contribution in [2.45, 2.75) is 212 Å². The zero-order valence-electron chi connectivity index (χ0n) is 43.9. The summed E-state index contributed by atoms with van der Waals surface area (Å²) < 4.78 is 22.5. The van der Waals surface area contributed by atoms with E-state index in [4.69, 9.17) is 18.9 Å². The third-order valence-corrected chi connectivity index (χ3v) is 11.1. The molecule has 0 aliphatic rings. The summed E-state index contributed by atoms with van der Waals surface area (Å²) in [5.41, 5.74) is 0. The number of nitrogens with zero attached hydrogens (tertiary/aromatic N) is 1. The Morgan fingerprint density at radius 2 is 0.838 bits per heavy atom. The van der Waals surface area contributed by atoms with Crippen molar-refractivity contribution in [3.05, 3.63) is 97.2 Å². The molecule has 2 atom stereocenters. The number of likely N-dealkylation sites (N-methyl/N-ethyl adjacent to an activating group) is 1. The molecule has 0 aromatic rings. The van der Waals surface area contributed by atoms with Crippen LogP contribution in [0.3, 0.4) is 0 Å². The van der Waals surface area contributed by atoms with Crippen LogP contribution in [0.2, 0.25) is 0 Å². The topological polar surface area (TPSA) is 111 Å². The summed E-state index contributed by atoms with van der Waals surface area (Å²) in [6, 6.07) is 0. The highest BCUT2D eigenvalue weighted by atomic mass is 16.7. The second-order valence-corrected chi connectivity index (χ2v) is 18.8. The van der Waals surface area contributed by atoms with Gasteiger partial charge in [0.15, 0.2) is 12.4 Å². The molecular formula is C59H99NO8. The molecule has 9 heteroatoms. The van der Waals surface area contributed by atoms with Gasteiger partial charge in [-0.1, -0.05) is 207 Å². The first-order valence-corrected chi connectivity index (χ1v) is 26.9. The lowest BCUT2D eigenvalue weighted by Crippen LogP contribution is -2.44. The van der Waals surface area contributed by atoms with Crippen LogP contribution < -0.4 is 5.11 Å². The summed E-state index contributed by atoms with van der Waals surface area (Å²) in [6.45, 7) is 4.54. The second kappa shape index (κ2) is 49.6. The number of carbonyl (C=O) groups excluding carboxylic acids is 3. The van der Waals surface area contributed by atoms with E-state index in [2.05, 4.69) is 111 Å². The van der Waals surface area contributed by atoms with Crippen LogP contribution in [-0.4, -0.2) is 82.3 Å². The van der Waals surface area contributed by atoms with Crippen molar-refractivity contribution in [3.63, 3.8) is 0 Å². The van der Waals surface area contributed by atoms with Gasteiger partial charge in [0.1, 0.15) is 13.2 Å². The van der Waals surface area contributed by atoms with Crippen molar-refractivity contribution < 1.29 is 42.9 Å². The maximum absolute atomic E-state index is 12.7. The molecule has 0 aliphatic heterocycles. The van der Waals surface area contributed by atoms with E-state index in [9.17, 15) is 19.5 Å². The van der Waals surface area contributed by atoms with Gasteiger partial charge >= 0.3 is 11.9 Å². The number of quaternary nitrogens is 1. The van der Waals surface area contributed by atoms with Crippen molar-refractivity contribution in [1.29, 1.82) is 0 Å². The zero-order valence-corrected chi connectivity index (χ0v) is 43.9. The Hall–Kier alpha value is -3.79. The van der Waals surface area contributed by atoms with E-state index in [1.807, 2.05) is 21.1 Å². The molecule has 388 valence electrons. The average molecular weight is 950 g/mol. The third-order valence-electron chi connectivity index (χ3n) is 11.1. The van der Waals surface area contributed by atoms with E-state index in [0.29, 0.717) is 17.4 Å². The molecule has 0 radical (unpaired) electrons. The van der Waals surface area contributed by atoms with Crippen LogP contribution in [0.15, 0.2) is 97.2 Å². The number of rotatable bonds is 48. The van der Waals surface area contributed by atoms with Crippen molar-refractivity contribution in [3.8, 4) is 0 Å². The normalized spacial score (nSPS) is 13.6. The van der Waals surface area contributed by atoms with Crippen LogP contribution in [-0.2, 0) is 33.3 Å². The molecule has 0 aromatic carbocycles. The molecule has 0 saturated heterocycles. The number of hydrogen-bond acceptors (Lipinski definition) is 8. The summed E-state index contributed by atoms with van der Waals surface area (Å²) in [5.74, 6) is -2.30. The van der Waals surface area contributed by atoms with Crippen LogP contribution in [0, 0.1) is 0 Å². The number of ether oxygens (including phenoxy) is 4. The molecule has 9 nitrogen and oxygen atoms in total. The fraction of sp³-hybridized carbons (Fsp3) is 0.678. The number of esters is 2. The smallest absolute Gasteiger partial charge is 0.306 e. The molecule has 0 amide bonds. The Labute approximate surface area is 416 Å². The molecule has 0 aliphatic carbocycles. The second-order valence-electron chi connectivity index (χ2n) is 18.8. The van der Waals surface area contributed by atoms with Crippen LogP contribution >= 0.6 is 0 Å². The zero-order chi connectivity index (χ0) is 49.9. The molecule has 0 heterocycles. The van der Waals surface area contributed by atoms with Gasteiger partial charge in [-0.3, -0.25) is 9.59 Å². The number of carbonyl (C=O) groups is 3. The first kappa shape index (κ1) is 64.2. The molecule has 0 spiro atoms. The van der Waals surface area contributed by atoms with Crippen LogP contribution in [0.25, 0.3) is 0 Å². The number of aliphatic carboxylic acids is 1. The Bertz CT molecular complexity index is 1430. The van der Waals surface area contributed by atoms with E-state index in [1.54, 1.807) is 0 Å². The Morgan fingerprint density at radius 3 is 1.25 bits per heavy atom. The summed E-state index contributed by atoms with van der Waals surface area (Å²) >= 11 is 0. The first-order chi connectivity index (χ1) is 33.1. The monoisotopic (exact) mass is 950 g/mol. The number of unbranched alkanes of at least 4 members (excludes halogenated alkanes) is 17. The van der Waals surface area contributed by atoms with Crippen molar-refractivity contribution in [2.75, 3.05) is 47.5 Å². The number of carboxylic acids is 1. The molecule has 2 unspecified atom stereocenters. The molecular weight excluding hydrogens is 851 g/mol. The minimum Gasteiger partial charge on any atom is -0.545 e. The lowest BCUT2D eigenvalue weighted by atomic mass is 10.0. The van der Waals surface area contributed by atoms with Crippen LogP contribution in [0.1, 0.15) is 200 Å². The van der Waals surface area contributed by atoms with E-state index in [1.165, 1.54) is 64.2 Å². The fourth-order valence-electron chi connectivity index (χ4n) is 6.96. The quantitative estimate of drug-likeness (QED) is 0.0195. The lowest BCUT2D eigenvalue weighted by molar-refractivity contribution is -0.870. The van der Waals surface area contributed by atoms with E-state index in [0.717, 1.165) is 103 Å². The van der Waals surface area contributed by atoms with Gasteiger partial charge in [-0.15, -0.1) is 0 Å². The van der Waals surface area contributed by atoms with Gasteiger partial charge in [0.05, 0.1) is 40.3 Å². The molecule has 0 rings (SSSR count). The summed E-state index contributed by atoms with van der Waals surface area (Å²) in [6.07, 6.45) is 63.6. The van der Waals surface area contributed by atoms with Gasteiger partial charge in [-0.05, 0) is 77.0 Å². The largest absolute Gasteiger partial charge is 0.545 e. The Morgan fingerprint density at radius 1 is 0.456 bits per heavy atom. The minimum absolute atomic E-state index is 0.145. The van der Waals surface area contributed by atoms with Gasteiger partial charge in [-0.2, -0.15) is 0 Å². The van der Waals surface area contributed by atoms with E-state index < -0.39 is 24.3 Å². The van der Waals surface area contributed by atoms with Gasteiger partial charge in [-0.25, -0.2) is 0 Å². The van der Waals surface area contributed by atoms with Crippen molar-refractivity contribution >= 4 is 17.9 Å². The van der Waals surface area contributed by atoms with Crippen molar-refractivity contribution in [1.82, 2.24) is 0 Å². The summed E-state index contributed by atoms with van der Waals surface area (Å²) in [4.78, 5) is 36.8. The number of hydrogen-bond donors (Lipinski definition) is 0. The predicted molar refractivity (Wildman–Crippen MR) is 283 cm³/mol. The van der Waals surface area contributed by atoms with Crippen LogP contribution in [0.4, 0.5) is 0 Å². The summed E-state index contributed by atoms with van der Waals surface area (Å²) in [5, 5.41) is 11.7.